The Balaban J connectivity index is 1.68. The van der Waals surface area contributed by atoms with E-state index in [0.717, 1.165) is 32.7 Å². The van der Waals surface area contributed by atoms with Gasteiger partial charge in [0.1, 0.15) is 11.5 Å². The van der Waals surface area contributed by atoms with Crippen LogP contribution in [-0.4, -0.2) is 11.1 Å². The first-order chi connectivity index (χ1) is 17.0. The smallest absolute Gasteiger partial charge is 0.318 e. The van der Waals surface area contributed by atoms with Gasteiger partial charge in [-0.05, 0) is 51.6 Å². The zero-order valence-electron chi connectivity index (χ0n) is 19.9. The number of fused-ring (bicyclic) bond motifs is 2. The second-order valence-electron chi connectivity index (χ2n) is 9.35. The summed E-state index contributed by atoms with van der Waals surface area (Å²) in [5.74, 6) is 0.257. The molecular weight excluding hydrogens is 432 g/mol. The van der Waals surface area contributed by atoms with Crippen LogP contribution >= 0.6 is 0 Å². The van der Waals surface area contributed by atoms with E-state index in [0.29, 0.717) is 23.7 Å². The van der Waals surface area contributed by atoms with Crippen LogP contribution in [0.25, 0.3) is 32.7 Å². The molecule has 0 amide bonds. The molecule has 0 spiro atoms. The van der Waals surface area contributed by atoms with Gasteiger partial charge in [-0.1, -0.05) is 105 Å². The predicted molar refractivity (Wildman–Crippen MR) is 143 cm³/mol. The zero-order chi connectivity index (χ0) is 24.4. The maximum Gasteiger partial charge on any atom is 0.318 e. The SMILES string of the molecule is CC(C)C[C@H](C(=O)Oc1ccc2ccccc2c1-c1c(O)ccc2ccccc12)c1ccccc1. The monoisotopic (exact) mass is 460 g/mol. The second-order valence-corrected chi connectivity index (χ2v) is 9.35. The Morgan fingerprint density at radius 3 is 1.94 bits per heavy atom. The molecule has 0 aliphatic rings. The lowest BCUT2D eigenvalue weighted by molar-refractivity contribution is -0.136. The van der Waals surface area contributed by atoms with E-state index in [1.165, 1.54) is 0 Å². The van der Waals surface area contributed by atoms with Gasteiger partial charge < -0.3 is 9.84 Å². The van der Waals surface area contributed by atoms with Crippen molar-refractivity contribution in [2.45, 2.75) is 26.2 Å². The first kappa shape index (κ1) is 22.7. The van der Waals surface area contributed by atoms with Gasteiger partial charge >= 0.3 is 5.97 Å². The van der Waals surface area contributed by atoms with E-state index in [4.69, 9.17) is 4.74 Å². The number of phenolic OH excluding ortho intramolecular Hbond substituents is 1. The molecule has 174 valence electrons. The van der Waals surface area contributed by atoms with Crippen molar-refractivity contribution < 1.29 is 14.6 Å². The summed E-state index contributed by atoms with van der Waals surface area (Å²) in [7, 11) is 0. The summed E-state index contributed by atoms with van der Waals surface area (Å²) in [6.07, 6.45) is 0.686. The lowest BCUT2D eigenvalue weighted by Gasteiger charge is -2.21. The molecule has 1 atom stereocenters. The Morgan fingerprint density at radius 1 is 0.714 bits per heavy atom. The standard InChI is InChI=1S/C32H28O3/c1-21(2)20-27(22-10-4-3-5-11-22)32(34)35-29-19-17-24-13-7-9-15-26(24)31(29)30-25-14-8-6-12-23(25)16-18-28(30)33/h3-19,21,27,33H,20H2,1-2H3/t27-/m0/s1. The molecule has 0 bridgehead atoms. The number of carbonyl (C=O) groups excluding carboxylic acids is 1. The maximum absolute atomic E-state index is 13.6. The van der Waals surface area contributed by atoms with Crippen molar-refractivity contribution in [2.75, 3.05) is 0 Å². The van der Waals surface area contributed by atoms with E-state index >= 15 is 0 Å². The van der Waals surface area contributed by atoms with Gasteiger partial charge in [-0.3, -0.25) is 4.79 Å². The number of carbonyl (C=O) groups is 1. The third-order valence-corrected chi connectivity index (χ3v) is 6.45. The number of benzene rings is 5. The number of phenols is 1. The molecule has 3 nitrogen and oxygen atoms in total. The predicted octanol–water partition coefficient (Wildman–Crippen LogP) is 8.10. The van der Waals surface area contributed by atoms with Crippen molar-refractivity contribution in [1.29, 1.82) is 0 Å². The van der Waals surface area contributed by atoms with Gasteiger partial charge in [0.05, 0.1) is 5.92 Å². The third kappa shape index (κ3) is 4.50. The minimum Gasteiger partial charge on any atom is -0.507 e. The molecule has 35 heavy (non-hydrogen) atoms. The molecule has 0 saturated heterocycles. The highest BCUT2D eigenvalue weighted by Gasteiger charge is 2.26. The molecule has 0 fully saturated rings. The lowest BCUT2D eigenvalue weighted by Crippen LogP contribution is -2.21. The fourth-order valence-electron chi connectivity index (χ4n) is 4.82. The molecular formula is C32H28O3. The quantitative estimate of drug-likeness (QED) is 0.206. The molecule has 5 rings (SSSR count). The van der Waals surface area contributed by atoms with Crippen LogP contribution < -0.4 is 4.74 Å². The lowest BCUT2D eigenvalue weighted by atomic mass is 9.90. The van der Waals surface area contributed by atoms with Crippen molar-refractivity contribution in [2.24, 2.45) is 5.92 Å². The molecule has 5 aromatic rings. The van der Waals surface area contributed by atoms with Gasteiger partial charge in [0.15, 0.2) is 0 Å². The summed E-state index contributed by atoms with van der Waals surface area (Å²) >= 11 is 0. The van der Waals surface area contributed by atoms with Gasteiger partial charge in [0.2, 0.25) is 0 Å². The highest BCUT2D eigenvalue weighted by molar-refractivity contribution is 6.10. The Hall–Kier alpha value is -4.11. The number of aromatic hydroxyl groups is 1. The summed E-state index contributed by atoms with van der Waals surface area (Å²) < 4.78 is 6.18. The van der Waals surface area contributed by atoms with E-state index in [1.54, 1.807) is 6.07 Å². The van der Waals surface area contributed by atoms with E-state index in [9.17, 15) is 9.90 Å². The van der Waals surface area contributed by atoms with Crippen molar-refractivity contribution in [3.63, 3.8) is 0 Å². The zero-order valence-corrected chi connectivity index (χ0v) is 19.9. The first-order valence-electron chi connectivity index (χ1n) is 12.0. The van der Waals surface area contributed by atoms with Crippen LogP contribution in [0.3, 0.4) is 0 Å². The largest absolute Gasteiger partial charge is 0.507 e. The number of hydrogen-bond acceptors (Lipinski definition) is 3. The average molecular weight is 461 g/mol. The van der Waals surface area contributed by atoms with Crippen LogP contribution in [0.2, 0.25) is 0 Å². The average Bonchev–Trinajstić information content (AvgIpc) is 2.88. The number of ether oxygens (including phenoxy) is 1. The van der Waals surface area contributed by atoms with Gasteiger partial charge in [-0.2, -0.15) is 0 Å². The van der Waals surface area contributed by atoms with Crippen LogP contribution in [0.5, 0.6) is 11.5 Å². The van der Waals surface area contributed by atoms with Crippen molar-refractivity contribution >= 4 is 27.5 Å². The maximum atomic E-state index is 13.6. The molecule has 0 aliphatic heterocycles. The summed E-state index contributed by atoms with van der Waals surface area (Å²) in [6.45, 7) is 4.22. The summed E-state index contributed by atoms with van der Waals surface area (Å²) in [5, 5.41) is 14.9. The van der Waals surface area contributed by atoms with Crippen molar-refractivity contribution in [3.8, 4) is 22.6 Å². The Bertz CT molecular complexity index is 1500. The Labute approximate surface area is 205 Å². The number of rotatable bonds is 6. The van der Waals surface area contributed by atoms with E-state index in [1.807, 2.05) is 97.1 Å². The molecule has 1 N–H and O–H groups in total. The fraction of sp³-hybridized carbons (Fsp3) is 0.156. The third-order valence-electron chi connectivity index (χ3n) is 6.45. The highest BCUT2D eigenvalue weighted by atomic mass is 16.5. The normalized spacial score (nSPS) is 12.2. The van der Waals surface area contributed by atoms with Crippen LogP contribution in [0.4, 0.5) is 0 Å². The van der Waals surface area contributed by atoms with Gasteiger partial charge in [-0.15, -0.1) is 0 Å². The van der Waals surface area contributed by atoms with Crippen LogP contribution in [0.1, 0.15) is 31.7 Å². The first-order valence-corrected chi connectivity index (χ1v) is 12.0. The fourth-order valence-corrected chi connectivity index (χ4v) is 4.82. The van der Waals surface area contributed by atoms with Crippen LogP contribution in [0, 0.1) is 5.92 Å². The van der Waals surface area contributed by atoms with Crippen molar-refractivity contribution in [3.05, 3.63) is 109 Å². The highest BCUT2D eigenvalue weighted by Crippen LogP contribution is 2.45. The molecule has 0 heterocycles. The van der Waals surface area contributed by atoms with E-state index in [-0.39, 0.29) is 17.6 Å². The van der Waals surface area contributed by atoms with Crippen molar-refractivity contribution in [1.82, 2.24) is 0 Å². The van der Waals surface area contributed by atoms with Gasteiger partial charge in [0, 0.05) is 11.1 Å². The summed E-state index contributed by atoms with van der Waals surface area (Å²) in [5.41, 5.74) is 2.34. The molecule has 0 aliphatic carbocycles. The number of hydrogen-bond donors (Lipinski definition) is 1. The summed E-state index contributed by atoms with van der Waals surface area (Å²) in [4.78, 5) is 13.6. The molecule has 5 aromatic carbocycles. The molecule has 0 radical (unpaired) electrons. The molecule has 0 saturated carbocycles. The van der Waals surface area contributed by atoms with E-state index < -0.39 is 0 Å². The Morgan fingerprint density at radius 2 is 1.29 bits per heavy atom. The van der Waals surface area contributed by atoms with Crippen LogP contribution in [0.15, 0.2) is 103 Å². The van der Waals surface area contributed by atoms with Gasteiger partial charge in [0.25, 0.3) is 0 Å². The van der Waals surface area contributed by atoms with Gasteiger partial charge in [-0.25, -0.2) is 0 Å². The summed E-state index contributed by atoms with van der Waals surface area (Å²) in [6, 6.07) is 33.1. The minimum absolute atomic E-state index is 0.152. The topological polar surface area (TPSA) is 46.5 Å². The van der Waals surface area contributed by atoms with E-state index in [2.05, 4.69) is 13.8 Å². The van der Waals surface area contributed by atoms with Crippen LogP contribution in [-0.2, 0) is 4.79 Å². The number of esters is 1. The second kappa shape index (κ2) is 9.63. The molecule has 0 aromatic heterocycles. The molecule has 3 heteroatoms. The Kier molecular flexibility index (Phi) is 6.24. The minimum atomic E-state index is -0.378. The molecule has 0 unspecified atom stereocenters.